The average Bonchev–Trinajstić information content (AvgIpc) is 3.49. The van der Waals surface area contributed by atoms with Crippen LogP contribution in [-0.4, -0.2) is 55.9 Å². The van der Waals surface area contributed by atoms with Gasteiger partial charge in [0.05, 0.1) is 23.1 Å². The number of nitriles is 1. The second kappa shape index (κ2) is 9.82. The van der Waals surface area contributed by atoms with Gasteiger partial charge in [0.2, 0.25) is 10.0 Å². The molecule has 2 aliphatic heterocycles. The monoisotopic (exact) mass is 487 g/mol. The van der Waals surface area contributed by atoms with Crippen molar-refractivity contribution in [2.45, 2.75) is 36.7 Å². The van der Waals surface area contributed by atoms with Gasteiger partial charge < -0.3 is 4.74 Å². The quantitative estimate of drug-likeness (QED) is 0.439. The Bertz CT molecular complexity index is 1310. The Morgan fingerprint density at radius 3 is 2.17 bits per heavy atom. The number of benzene rings is 3. The fourth-order valence-corrected chi connectivity index (χ4v) is 6.73. The molecule has 35 heavy (non-hydrogen) atoms. The highest BCUT2D eigenvalue weighted by atomic mass is 32.2. The van der Waals surface area contributed by atoms with Gasteiger partial charge in [0.15, 0.2) is 0 Å². The molecule has 0 amide bonds. The highest BCUT2D eigenvalue weighted by Crippen LogP contribution is 2.35. The summed E-state index contributed by atoms with van der Waals surface area (Å²) in [7, 11) is -3.43. The van der Waals surface area contributed by atoms with E-state index in [1.807, 2.05) is 67.6 Å². The number of nitrogens with zero attached hydrogens (tertiary/aromatic N) is 3. The molecule has 0 N–H and O–H groups in total. The Morgan fingerprint density at radius 1 is 0.914 bits per heavy atom. The molecule has 0 radical (unpaired) electrons. The molecular formula is C28H29N3O3S. The Balaban J connectivity index is 1.08. The maximum absolute atomic E-state index is 13.1. The normalized spacial score (nSPS) is 20.1. The van der Waals surface area contributed by atoms with Gasteiger partial charge in [-0.05, 0) is 67.3 Å². The van der Waals surface area contributed by atoms with Crippen LogP contribution in [0, 0.1) is 18.3 Å². The maximum atomic E-state index is 13.1. The Labute approximate surface area is 207 Å². The lowest BCUT2D eigenvalue weighted by Gasteiger charge is -2.33. The standard InChI is InChI=1S/C28H29N3O3S/c1-21-3-13-28(14-4-21)35(32,33)31-20-25-17-26(31)19-30(25)15-2-16-34-27-11-9-24(10-12-27)23-7-5-22(18-29)6-8-23/h3-14,25-26H,2,15-17,19-20H2,1H3/t25-,26-/m1/s1. The summed E-state index contributed by atoms with van der Waals surface area (Å²) in [5.41, 5.74) is 3.86. The average molecular weight is 488 g/mol. The SMILES string of the molecule is Cc1ccc(S(=O)(=O)N2C[C@H]3C[C@@H]2CN3CCCOc2ccc(-c3ccc(C#N)cc3)cc2)cc1. The van der Waals surface area contributed by atoms with Gasteiger partial charge in [0, 0.05) is 31.7 Å². The lowest BCUT2D eigenvalue weighted by molar-refractivity contribution is 0.168. The van der Waals surface area contributed by atoms with Crippen molar-refractivity contribution in [3.8, 4) is 22.9 Å². The van der Waals surface area contributed by atoms with Crippen LogP contribution < -0.4 is 4.74 Å². The van der Waals surface area contributed by atoms with Crippen molar-refractivity contribution in [2.24, 2.45) is 0 Å². The first kappa shape index (κ1) is 23.6. The van der Waals surface area contributed by atoms with Crippen LogP contribution in [0.4, 0.5) is 0 Å². The van der Waals surface area contributed by atoms with Gasteiger partial charge >= 0.3 is 0 Å². The van der Waals surface area contributed by atoms with Gasteiger partial charge in [-0.2, -0.15) is 9.57 Å². The van der Waals surface area contributed by atoms with Gasteiger partial charge in [-0.25, -0.2) is 8.42 Å². The number of hydrogen-bond acceptors (Lipinski definition) is 5. The van der Waals surface area contributed by atoms with E-state index in [-0.39, 0.29) is 12.1 Å². The first-order chi connectivity index (χ1) is 16.9. The summed E-state index contributed by atoms with van der Waals surface area (Å²) in [4.78, 5) is 2.80. The smallest absolute Gasteiger partial charge is 0.243 e. The number of hydrogen-bond donors (Lipinski definition) is 0. The number of aryl methyl sites for hydroxylation is 1. The molecule has 6 nitrogen and oxygen atoms in total. The number of rotatable bonds is 8. The van der Waals surface area contributed by atoms with Crippen molar-refractivity contribution in [1.29, 1.82) is 5.26 Å². The van der Waals surface area contributed by atoms with Crippen molar-refractivity contribution in [3.05, 3.63) is 83.9 Å². The number of piperazine rings is 1. The summed E-state index contributed by atoms with van der Waals surface area (Å²) in [5, 5.41) is 8.94. The molecule has 0 spiro atoms. The van der Waals surface area contributed by atoms with E-state index >= 15 is 0 Å². The minimum absolute atomic E-state index is 0.0574. The molecular weight excluding hydrogens is 458 g/mol. The van der Waals surface area contributed by atoms with Gasteiger partial charge in [0.25, 0.3) is 0 Å². The molecule has 0 aliphatic carbocycles. The Morgan fingerprint density at radius 2 is 1.57 bits per heavy atom. The largest absolute Gasteiger partial charge is 0.494 e. The van der Waals surface area contributed by atoms with E-state index in [1.54, 1.807) is 16.4 Å². The van der Waals surface area contributed by atoms with Crippen LogP contribution in [0.5, 0.6) is 5.75 Å². The molecule has 0 aromatic heterocycles. The van der Waals surface area contributed by atoms with Crippen LogP contribution in [0.25, 0.3) is 11.1 Å². The lowest BCUT2D eigenvalue weighted by atomic mass is 10.0. The first-order valence-corrected chi connectivity index (χ1v) is 13.4. The fourth-order valence-electron chi connectivity index (χ4n) is 5.07. The summed E-state index contributed by atoms with van der Waals surface area (Å²) >= 11 is 0. The van der Waals surface area contributed by atoms with Crippen LogP contribution in [0.15, 0.2) is 77.7 Å². The minimum Gasteiger partial charge on any atom is -0.494 e. The summed E-state index contributed by atoms with van der Waals surface area (Å²) in [6.07, 6.45) is 1.80. The zero-order valence-electron chi connectivity index (χ0n) is 19.8. The molecule has 3 aromatic rings. The van der Waals surface area contributed by atoms with Crippen molar-refractivity contribution < 1.29 is 13.2 Å². The molecule has 2 heterocycles. The number of likely N-dealkylation sites (tertiary alicyclic amines) is 1. The van der Waals surface area contributed by atoms with E-state index < -0.39 is 10.0 Å². The van der Waals surface area contributed by atoms with Crippen molar-refractivity contribution in [1.82, 2.24) is 9.21 Å². The highest BCUT2D eigenvalue weighted by molar-refractivity contribution is 7.89. The van der Waals surface area contributed by atoms with Crippen LogP contribution >= 0.6 is 0 Å². The zero-order chi connectivity index (χ0) is 24.4. The molecule has 2 atom stereocenters. The van der Waals surface area contributed by atoms with E-state index in [2.05, 4.69) is 11.0 Å². The lowest BCUT2D eigenvalue weighted by Crippen LogP contribution is -2.48. The predicted molar refractivity (Wildman–Crippen MR) is 136 cm³/mol. The third-order valence-corrected chi connectivity index (χ3v) is 8.92. The van der Waals surface area contributed by atoms with Crippen LogP contribution in [0.1, 0.15) is 24.0 Å². The fraction of sp³-hybridized carbons (Fsp3) is 0.321. The molecule has 7 heteroatoms. The van der Waals surface area contributed by atoms with Crippen molar-refractivity contribution in [3.63, 3.8) is 0 Å². The molecule has 2 bridgehead atoms. The third-order valence-electron chi connectivity index (χ3n) is 6.99. The zero-order valence-corrected chi connectivity index (χ0v) is 20.6. The summed E-state index contributed by atoms with van der Waals surface area (Å²) in [5.74, 6) is 0.834. The summed E-state index contributed by atoms with van der Waals surface area (Å²) < 4.78 is 33.8. The number of fused-ring (bicyclic) bond motifs is 2. The molecule has 0 unspecified atom stereocenters. The van der Waals surface area contributed by atoms with E-state index in [1.165, 1.54) is 0 Å². The molecule has 2 fully saturated rings. The maximum Gasteiger partial charge on any atom is 0.243 e. The molecule has 180 valence electrons. The van der Waals surface area contributed by atoms with Crippen LogP contribution in [0.2, 0.25) is 0 Å². The van der Waals surface area contributed by atoms with Crippen LogP contribution in [-0.2, 0) is 10.0 Å². The predicted octanol–water partition coefficient (Wildman–Crippen LogP) is 4.45. The van der Waals surface area contributed by atoms with E-state index in [4.69, 9.17) is 10.00 Å². The molecule has 3 aromatic carbocycles. The topological polar surface area (TPSA) is 73.6 Å². The van der Waals surface area contributed by atoms with Crippen molar-refractivity contribution >= 4 is 10.0 Å². The van der Waals surface area contributed by atoms with Crippen molar-refractivity contribution in [2.75, 3.05) is 26.2 Å². The number of ether oxygens (including phenoxy) is 1. The molecule has 5 rings (SSSR count). The second-order valence-corrected chi connectivity index (χ2v) is 11.2. The van der Waals surface area contributed by atoms with Gasteiger partial charge in [-0.1, -0.05) is 42.0 Å². The van der Waals surface area contributed by atoms with E-state index in [0.29, 0.717) is 23.6 Å². The minimum atomic E-state index is -3.43. The molecule has 2 aliphatic rings. The van der Waals surface area contributed by atoms with Gasteiger partial charge in [-0.3, -0.25) is 4.90 Å². The van der Waals surface area contributed by atoms with Crippen LogP contribution in [0.3, 0.4) is 0 Å². The Kier molecular flexibility index (Phi) is 6.61. The van der Waals surface area contributed by atoms with E-state index in [0.717, 1.165) is 48.4 Å². The van der Waals surface area contributed by atoms with Gasteiger partial charge in [0.1, 0.15) is 5.75 Å². The molecule has 0 saturated carbocycles. The Hall–Kier alpha value is -3.18. The summed E-state index contributed by atoms with van der Waals surface area (Å²) in [6.45, 7) is 4.84. The van der Waals surface area contributed by atoms with Gasteiger partial charge in [-0.15, -0.1) is 0 Å². The van der Waals surface area contributed by atoms with E-state index in [9.17, 15) is 8.42 Å². The third kappa shape index (κ3) is 4.96. The summed E-state index contributed by atoms with van der Waals surface area (Å²) in [6, 6.07) is 25.1. The highest BCUT2D eigenvalue weighted by Gasteiger charge is 2.47. The second-order valence-electron chi connectivity index (χ2n) is 9.34. The first-order valence-electron chi connectivity index (χ1n) is 12.0. The molecule has 2 saturated heterocycles. The number of sulfonamides is 1.